The molecule has 1 N–H and O–H groups in total. The Morgan fingerprint density at radius 2 is 1.37 bits per heavy atom. The summed E-state index contributed by atoms with van der Waals surface area (Å²) in [5.74, 6) is -0.399. The summed E-state index contributed by atoms with van der Waals surface area (Å²) >= 11 is 0. The van der Waals surface area contributed by atoms with Gasteiger partial charge in [-0.2, -0.15) is 0 Å². The maximum absolute atomic E-state index is 12.0. The summed E-state index contributed by atoms with van der Waals surface area (Å²) in [5, 5.41) is 8.90. The fraction of sp³-hybridized carbons (Fsp3) is 0.559. The number of carbonyl (C=O) groups excluding carboxylic acids is 2. The maximum Gasteiger partial charge on any atom is 0.494 e. The predicted octanol–water partition coefficient (Wildman–Crippen LogP) is 6.55. The Bertz CT molecular complexity index is 1220. The highest BCUT2D eigenvalue weighted by Crippen LogP contribution is 2.38. The first kappa shape index (κ1) is 34.3. The molecule has 234 valence electrons. The van der Waals surface area contributed by atoms with Gasteiger partial charge >= 0.3 is 25.0 Å². The van der Waals surface area contributed by atoms with Crippen molar-refractivity contribution >= 4 is 30.5 Å². The van der Waals surface area contributed by atoms with E-state index in [0.717, 1.165) is 31.1 Å². The second-order valence-electron chi connectivity index (χ2n) is 13.4. The molecule has 1 heterocycles. The van der Waals surface area contributed by atoms with Crippen LogP contribution in [-0.4, -0.2) is 53.5 Å². The van der Waals surface area contributed by atoms with E-state index in [1.165, 1.54) is 5.56 Å². The second-order valence-corrected chi connectivity index (χ2v) is 13.4. The molecule has 2 aromatic rings. The van der Waals surface area contributed by atoms with Crippen molar-refractivity contribution < 1.29 is 38.3 Å². The molecule has 43 heavy (non-hydrogen) atoms. The number of carboxylic acids is 1. The van der Waals surface area contributed by atoms with Gasteiger partial charge < -0.3 is 23.9 Å². The van der Waals surface area contributed by atoms with Gasteiger partial charge in [0.25, 0.3) is 0 Å². The van der Waals surface area contributed by atoms with Crippen LogP contribution >= 0.6 is 0 Å². The first-order valence-corrected chi connectivity index (χ1v) is 15.2. The van der Waals surface area contributed by atoms with Gasteiger partial charge in [0.1, 0.15) is 5.60 Å². The van der Waals surface area contributed by atoms with Crippen molar-refractivity contribution in [2.75, 3.05) is 6.61 Å². The van der Waals surface area contributed by atoms with E-state index in [9.17, 15) is 14.4 Å². The van der Waals surface area contributed by atoms with Crippen LogP contribution in [0.15, 0.2) is 48.5 Å². The summed E-state index contributed by atoms with van der Waals surface area (Å²) in [4.78, 5) is 34.3. The zero-order chi connectivity index (χ0) is 32.0. The fourth-order valence-corrected chi connectivity index (χ4v) is 5.15. The van der Waals surface area contributed by atoms with Crippen LogP contribution in [-0.2, 0) is 23.6 Å². The van der Waals surface area contributed by atoms with Crippen LogP contribution in [0.5, 0.6) is 0 Å². The molecule has 0 unspecified atom stereocenters. The van der Waals surface area contributed by atoms with Crippen LogP contribution in [0.25, 0.3) is 0 Å². The third-order valence-electron chi connectivity index (χ3n) is 8.31. The summed E-state index contributed by atoms with van der Waals surface area (Å²) in [6.45, 7) is 15.9. The monoisotopic (exact) mass is 594 g/mol. The summed E-state index contributed by atoms with van der Waals surface area (Å²) < 4.78 is 22.3. The molecule has 0 bridgehead atoms. The number of esters is 2. The standard InChI is InChI=1S/C17H25BO4.C17H22O4/c1-15(2,3)20-14(19)12-8-10-13(11-9-12)18-21-16(4,5)17(6,7)22-18;1-2-21-16(18)11-12-3-5-13(6-4-12)14-7-9-15(10-8-14)17(19)20/h8-11H,1-7H3;7-10,12-13H,2-6,11H2,1H3,(H,19,20). The summed E-state index contributed by atoms with van der Waals surface area (Å²) in [7, 11) is -0.419. The first-order chi connectivity index (χ1) is 20.0. The van der Waals surface area contributed by atoms with Crippen molar-refractivity contribution in [3.63, 3.8) is 0 Å². The van der Waals surface area contributed by atoms with Crippen molar-refractivity contribution in [1.82, 2.24) is 0 Å². The first-order valence-electron chi connectivity index (χ1n) is 15.2. The Morgan fingerprint density at radius 1 is 0.860 bits per heavy atom. The van der Waals surface area contributed by atoms with E-state index in [1.54, 1.807) is 24.3 Å². The number of carboxylic acid groups (broad SMARTS) is 1. The lowest BCUT2D eigenvalue weighted by atomic mass is 9.77. The van der Waals surface area contributed by atoms with Crippen molar-refractivity contribution in [3.05, 3.63) is 65.2 Å². The van der Waals surface area contributed by atoms with Crippen LogP contribution in [0.4, 0.5) is 0 Å². The minimum Gasteiger partial charge on any atom is -0.478 e. The number of hydrogen-bond donors (Lipinski definition) is 1. The zero-order valence-electron chi connectivity index (χ0n) is 26.9. The Balaban J connectivity index is 0.000000236. The van der Waals surface area contributed by atoms with Gasteiger partial charge in [0.15, 0.2) is 0 Å². The molecule has 1 saturated carbocycles. The lowest BCUT2D eigenvalue weighted by Crippen LogP contribution is -2.41. The maximum atomic E-state index is 12.0. The van der Waals surface area contributed by atoms with Gasteiger partial charge in [-0.25, -0.2) is 9.59 Å². The third kappa shape index (κ3) is 9.67. The van der Waals surface area contributed by atoms with Crippen molar-refractivity contribution in [2.45, 2.75) is 110 Å². The molecule has 4 rings (SSSR count). The predicted molar refractivity (Wildman–Crippen MR) is 167 cm³/mol. The Hall–Kier alpha value is -3.17. The van der Waals surface area contributed by atoms with Crippen molar-refractivity contribution in [1.29, 1.82) is 0 Å². The van der Waals surface area contributed by atoms with Gasteiger partial charge in [-0.3, -0.25) is 4.79 Å². The number of benzene rings is 2. The van der Waals surface area contributed by atoms with Gasteiger partial charge in [-0.1, -0.05) is 24.3 Å². The van der Waals surface area contributed by atoms with E-state index in [1.807, 2.05) is 79.7 Å². The zero-order valence-corrected chi connectivity index (χ0v) is 26.9. The summed E-state index contributed by atoms with van der Waals surface area (Å²) in [6.07, 6.45) is 4.69. The third-order valence-corrected chi connectivity index (χ3v) is 8.31. The Kier molecular flexibility index (Phi) is 11.2. The van der Waals surface area contributed by atoms with E-state index in [4.69, 9.17) is 23.9 Å². The minimum atomic E-state index is -0.889. The molecule has 0 spiro atoms. The summed E-state index contributed by atoms with van der Waals surface area (Å²) in [5.41, 5.74) is 1.70. The molecule has 2 aromatic carbocycles. The number of carbonyl (C=O) groups is 3. The van der Waals surface area contributed by atoms with Crippen LogP contribution in [0.1, 0.15) is 120 Å². The normalized spacial score (nSPS) is 20.9. The molecule has 9 heteroatoms. The van der Waals surface area contributed by atoms with Crippen LogP contribution < -0.4 is 5.46 Å². The molecule has 1 aliphatic carbocycles. The SMILES string of the molecule is CC(C)(C)OC(=O)c1ccc(B2OC(C)(C)C(C)(C)O2)cc1.CCOC(=O)CC1CCC(c2ccc(C(=O)O)cc2)CC1. The molecule has 1 aliphatic heterocycles. The van der Waals surface area contributed by atoms with E-state index in [0.29, 0.717) is 36.0 Å². The molecule has 2 aliphatic rings. The van der Waals surface area contributed by atoms with Gasteiger partial charge in [-0.15, -0.1) is 0 Å². The highest BCUT2D eigenvalue weighted by molar-refractivity contribution is 6.62. The fourth-order valence-electron chi connectivity index (χ4n) is 5.15. The highest BCUT2D eigenvalue weighted by Gasteiger charge is 2.51. The quantitative estimate of drug-likeness (QED) is 0.284. The number of rotatable bonds is 7. The largest absolute Gasteiger partial charge is 0.494 e. The molecular formula is C34H47BO8. The van der Waals surface area contributed by atoms with Gasteiger partial charge in [0.2, 0.25) is 0 Å². The smallest absolute Gasteiger partial charge is 0.478 e. The van der Waals surface area contributed by atoms with E-state index < -0.39 is 18.7 Å². The van der Waals surface area contributed by atoms with Gasteiger partial charge in [-0.05, 0) is 128 Å². The minimum absolute atomic E-state index is 0.0910. The van der Waals surface area contributed by atoms with Gasteiger partial charge in [0.05, 0.1) is 28.9 Å². The van der Waals surface area contributed by atoms with Crippen molar-refractivity contribution in [3.8, 4) is 0 Å². The molecule has 0 radical (unpaired) electrons. The molecule has 8 nitrogen and oxygen atoms in total. The number of hydrogen-bond acceptors (Lipinski definition) is 7. The summed E-state index contributed by atoms with van der Waals surface area (Å²) in [6, 6.07) is 14.4. The molecule has 0 amide bonds. The number of ether oxygens (including phenoxy) is 2. The Labute approximate surface area is 256 Å². The van der Waals surface area contributed by atoms with Crippen LogP contribution in [0.3, 0.4) is 0 Å². The lowest BCUT2D eigenvalue weighted by Gasteiger charge is -2.32. The van der Waals surface area contributed by atoms with Crippen molar-refractivity contribution in [2.24, 2.45) is 5.92 Å². The Morgan fingerprint density at radius 3 is 1.84 bits per heavy atom. The van der Waals surface area contributed by atoms with Crippen LogP contribution in [0, 0.1) is 5.92 Å². The average Bonchev–Trinajstić information content (AvgIpc) is 3.15. The topological polar surface area (TPSA) is 108 Å². The van der Waals surface area contributed by atoms with E-state index >= 15 is 0 Å². The molecule has 2 fully saturated rings. The second kappa shape index (κ2) is 14.1. The van der Waals surface area contributed by atoms with E-state index in [-0.39, 0.29) is 23.1 Å². The van der Waals surface area contributed by atoms with Gasteiger partial charge in [0, 0.05) is 6.42 Å². The molecular weight excluding hydrogens is 547 g/mol. The average molecular weight is 595 g/mol. The molecule has 0 atom stereocenters. The lowest BCUT2D eigenvalue weighted by molar-refractivity contribution is -0.144. The number of aromatic carboxylic acids is 1. The highest BCUT2D eigenvalue weighted by atomic mass is 16.7. The van der Waals surface area contributed by atoms with E-state index in [2.05, 4.69) is 0 Å². The molecule has 0 aromatic heterocycles. The molecule has 1 saturated heterocycles. The van der Waals surface area contributed by atoms with Crippen LogP contribution in [0.2, 0.25) is 0 Å².